The fourth-order valence-electron chi connectivity index (χ4n) is 8.25. The standard InChI is InChI=1S/C52H33NS2/c1-2-15-41-35(11-1)12-8-18-42(41)38-14-7-13-37(33-38)34-25-29-39(30-26-34)53(48-22-10-21-47-45-17-4-6-24-50(45)55-52(47)48)40-31-27-36(28-32-40)43-19-9-20-46-44-16-3-5-23-49(44)54-51(43)46/h1-33H. The van der Waals surface area contributed by atoms with Gasteiger partial charge in [-0.25, -0.2) is 0 Å². The summed E-state index contributed by atoms with van der Waals surface area (Å²) < 4.78 is 5.25. The summed E-state index contributed by atoms with van der Waals surface area (Å²) in [6, 6.07) is 73.3. The van der Waals surface area contributed by atoms with Crippen LogP contribution >= 0.6 is 22.7 Å². The first-order chi connectivity index (χ1) is 27.3. The molecule has 258 valence electrons. The Morgan fingerprint density at radius 1 is 0.309 bits per heavy atom. The first kappa shape index (κ1) is 32.0. The van der Waals surface area contributed by atoms with E-state index in [4.69, 9.17) is 0 Å². The van der Waals surface area contributed by atoms with Gasteiger partial charge < -0.3 is 4.90 Å². The van der Waals surface area contributed by atoms with Crippen molar-refractivity contribution in [2.45, 2.75) is 0 Å². The molecule has 11 aromatic rings. The van der Waals surface area contributed by atoms with Crippen molar-refractivity contribution in [1.82, 2.24) is 0 Å². The second kappa shape index (κ2) is 13.1. The second-order valence-electron chi connectivity index (χ2n) is 14.1. The predicted molar refractivity (Wildman–Crippen MR) is 241 cm³/mol. The SMILES string of the molecule is c1cc(-c2ccc(N(c3ccc(-c4cccc5c4sc4ccccc45)cc3)c3cccc4c3sc3ccccc34)cc2)cc(-c2cccc3ccccc23)c1. The summed E-state index contributed by atoms with van der Waals surface area (Å²) in [6.45, 7) is 0. The van der Waals surface area contributed by atoms with E-state index in [0.29, 0.717) is 0 Å². The predicted octanol–water partition coefficient (Wildman–Crippen LogP) is 16.0. The molecule has 2 aromatic heterocycles. The molecule has 0 amide bonds. The number of thiophene rings is 2. The molecular weight excluding hydrogens is 703 g/mol. The fraction of sp³-hybridized carbons (Fsp3) is 0. The third-order valence-electron chi connectivity index (χ3n) is 10.9. The summed E-state index contributed by atoms with van der Waals surface area (Å²) in [5.74, 6) is 0. The largest absolute Gasteiger partial charge is 0.309 e. The number of rotatable bonds is 6. The Kier molecular flexibility index (Phi) is 7.61. The Bertz CT molecular complexity index is 3200. The molecule has 0 atom stereocenters. The zero-order chi connectivity index (χ0) is 36.3. The first-order valence-corrected chi connectivity index (χ1v) is 20.3. The summed E-state index contributed by atoms with van der Waals surface area (Å²) in [4.78, 5) is 2.43. The number of hydrogen-bond donors (Lipinski definition) is 0. The van der Waals surface area contributed by atoms with Gasteiger partial charge >= 0.3 is 0 Å². The lowest BCUT2D eigenvalue weighted by Crippen LogP contribution is -2.10. The molecule has 0 saturated carbocycles. The van der Waals surface area contributed by atoms with Crippen LogP contribution in [0, 0.1) is 0 Å². The Morgan fingerprint density at radius 2 is 0.818 bits per heavy atom. The van der Waals surface area contributed by atoms with Crippen molar-refractivity contribution < 1.29 is 0 Å². The lowest BCUT2D eigenvalue weighted by atomic mass is 9.95. The maximum atomic E-state index is 2.43. The summed E-state index contributed by atoms with van der Waals surface area (Å²) in [5, 5.41) is 7.77. The molecule has 0 saturated heterocycles. The van der Waals surface area contributed by atoms with Gasteiger partial charge in [0.2, 0.25) is 0 Å². The van der Waals surface area contributed by atoms with Crippen molar-refractivity contribution in [1.29, 1.82) is 0 Å². The van der Waals surface area contributed by atoms with Gasteiger partial charge in [-0.2, -0.15) is 0 Å². The van der Waals surface area contributed by atoms with E-state index in [1.807, 2.05) is 22.7 Å². The zero-order valence-corrected chi connectivity index (χ0v) is 31.4. The van der Waals surface area contributed by atoms with E-state index in [1.165, 1.54) is 90.2 Å². The van der Waals surface area contributed by atoms with Gasteiger partial charge in [0, 0.05) is 47.0 Å². The van der Waals surface area contributed by atoms with Crippen molar-refractivity contribution in [2.24, 2.45) is 0 Å². The minimum atomic E-state index is 1.12. The minimum absolute atomic E-state index is 1.12. The van der Waals surface area contributed by atoms with Crippen LogP contribution < -0.4 is 4.90 Å². The van der Waals surface area contributed by atoms with Gasteiger partial charge in [0.25, 0.3) is 0 Å². The Balaban J connectivity index is 1.02. The van der Waals surface area contributed by atoms with Crippen molar-refractivity contribution in [2.75, 3.05) is 4.90 Å². The van der Waals surface area contributed by atoms with E-state index in [2.05, 4.69) is 205 Å². The molecule has 0 N–H and O–H groups in total. The lowest BCUT2D eigenvalue weighted by Gasteiger charge is -2.26. The summed E-state index contributed by atoms with van der Waals surface area (Å²) >= 11 is 3.75. The molecule has 9 aromatic carbocycles. The van der Waals surface area contributed by atoms with Crippen LogP contribution in [0.4, 0.5) is 17.1 Å². The van der Waals surface area contributed by atoms with Crippen LogP contribution in [0.5, 0.6) is 0 Å². The third kappa shape index (κ3) is 5.43. The highest BCUT2D eigenvalue weighted by atomic mass is 32.1. The molecule has 11 rings (SSSR count). The number of benzene rings is 9. The molecule has 0 bridgehead atoms. The number of fused-ring (bicyclic) bond motifs is 7. The highest BCUT2D eigenvalue weighted by Crippen LogP contribution is 2.46. The van der Waals surface area contributed by atoms with Crippen LogP contribution in [0.15, 0.2) is 200 Å². The van der Waals surface area contributed by atoms with Crippen molar-refractivity contribution in [3.05, 3.63) is 200 Å². The van der Waals surface area contributed by atoms with Crippen molar-refractivity contribution in [3.8, 4) is 33.4 Å². The molecule has 0 unspecified atom stereocenters. The molecule has 0 aliphatic carbocycles. The maximum absolute atomic E-state index is 2.43. The molecule has 1 nitrogen and oxygen atoms in total. The molecule has 0 fully saturated rings. The molecule has 55 heavy (non-hydrogen) atoms. The topological polar surface area (TPSA) is 3.24 Å². The van der Waals surface area contributed by atoms with E-state index in [9.17, 15) is 0 Å². The van der Waals surface area contributed by atoms with Crippen LogP contribution in [-0.4, -0.2) is 0 Å². The van der Waals surface area contributed by atoms with Gasteiger partial charge in [-0.1, -0.05) is 152 Å². The van der Waals surface area contributed by atoms with Crippen molar-refractivity contribution >= 4 is 90.9 Å². The second-order valence-corrected chi connectivity index (χ2v) is 16.2. The lowest BCUT2D eigenvalue weighted by molar-refractivity contribution is 1.30. The number of hydrogen-bond acceptors (Lipinski definition) is 3. The van der Waals surface area contributed by atoms with E-state index in [-0.39, 0.29) is 0 Å². The Morgan fingerprint density at radius 3 is 1.56 bits per heavy atom. The summed E-state index contributed by atoms with van der Waals surface area (Å²) in [6.07, 6.45) is 0. The van der Waals surface area contributed by atoms with Gasteiger partial charge in [-0.05, 0) is 92.7 Å². The van der Waals surface area contributed by atoms with Crippen LogP contribution in [0.2, 0.25) is 0 Å². The summed E-state index contributed by atoms with van der Waals surface area (Å²) in [7, 11) is 0. The van der Waals surface area contributed by atoms with E-state index in [0.717, 1.165) is 11.4 Å². The van der Waals surface area contributed by atoms with Crippen LogP contribution in [0.1, 0.15) is 0 Å². The molecule has 0 aliphatic heterocycles. The van der Waals surface area contributed by atoms with Gasteiger partial charge in [0.1, 0.15) is 0 Å². The van der Waals surface area contributed by atoms with E-state index >= 15 is 0 Å². The van der Waals surface area contributed by atoms with Gasteiger partial charge in [0.15, 0.2) is 0 Å². The molecule has 0 radical (unpaired) electrons. The number of nitrogens with zero attached hydrogens (tertiary/aromatic N) is 1. The average molecular weight is 736 g/mol. The highest BCUT2D eigenvalue weighted by molar-refractivity contribution is 7.26. The monoisotopic (exact) mass is 735 g/mol. The Labute approximate surface area is 327 Å². The summed E-state index contributed by atoms with van der Waals surface area (Å²) in [5.41, 5.74) is 10.8. The molecule has 2 heterocycles. The average Bonchev–Trinajstić information content (AvgIpc) is 3.83. The van der Waals surface area contributed by atoms with Crippen molar-refractivity contribution in [3.63, 3.8) is 0 Å². The minimum Gasteiger partial charge on any atom is -0.309 e. The van der Waals surface area contributed by atoms with Crippen LogP contribution in [0.3, 0.4) is 0 Å². The van der Waals surface area contributed by atoms with E-state index in [1.54, 1.807) is 0 Å². The fourth-order valence-corrected chi connectivity index (χ4v) is 10.7. The first-order valence-electron chi connectivity index (χ1n) is 18.7. The molecule has 3 heteroatoms. The smallest absolute Gasteiger partial charge is 0.0640 e. The Hall–Kier alpha value is -6.52. The van der Waals surface area contributed by atoms with Gasteiger partial charge in [-0.3, -0.25) is 0 Å². The maximum Gasteiger partial charge on any atom is 0.0640 e. The highest BCUT2D eigenvalue weighted by Gasteiger charge is 2.19. The van der Waals surface area contributed by atoms with Gasteiger partial charge in [0.05, 0.1) is 10.4 Å². The van der Waals surface area contributed by atoms with Gasteiger partial charge in [-0.15, -0.1) is 22.7 Å². The molecule has 0 aliphatic rings. The number of anilines is 3. The quantitative estimate of drug-likeness (QED) is 0.164. The molecular formula is C52H33NS2. The van der Waals surface area contributed by atoms with E-state index < -0.39 is 0 Å². The van der Waals surface area contributed by atoms with Crippen LogP contribution in [-0.2, 0) is 0 Å². The zero-order valence-electron chi connectivity index (χ0n) is 29.8. The van der Waals surface area contributed by atoms with Crippen LogP contribution in [0.25, 0.3) is 84.5 Å². The molecule has 0 spiro atoms. The third-order valence-corrected chi connectivity index (χ3v) is 13.3. The normalized spacial score (nSPS) is 11.6.